The molecule has 0 saturated heterocycles. The second kappa shape index (κ2) is 5.18. The van der Waals surface area contributed by atoms with Gasteiger partial charge >= 0.3 is 0 Å². The molecule has 1 heterocycles. The summed E-state index contributed by atoms with van der Waals surface area (Å²) in [7, 11) is 0. The van der Waals surface area contributed by atoms with E-state index in [1.54, 1.807) is 0 Å². The highest BCUT2D eigenvalue weighted by Gasteiger charge is 2.38. The minimum atomic E-state index is 0.284. The molecule has 1 aliphatic rings. The molecule has 2 nitrogen and oxygen atoms in total. The van der Waals surface area contributed by atoms with Crippen LogP contribution in [0.25, 0.3) is 11.0 Å². The van der Waals surface area contributed by atoms with Crippen molar-refractivity contribution in [2.24, 2.45) is 5.92 Å². The predicted octanol–water partition coefficient (Wildman–Crippen LogP) is 5.49. The van der Waals surface area contributed by atoms with E-state index in [2.05, 4.69) is 53.8 Å². The van der Waals surface area contributed by atoms with Gasteiger partial charge in [-0.25, -0.2) is 4.98 Å². The highest BCUT2D eigenvalue weighted by atomic mass is 79.9. The summed E-state index contributed by atoms with van der Waals surface area (Å²) in [5, 5.41) is 0. The van der Waals surface area contributed by atoms with Crippen molar-refractivity contribution in [1.82, 2.24) is 9.97 Å². The smallest absolute Gasteiger partial charge is 0.113 e. The first-order valence-electron chi connectivity index (χ1n) is 7.66. The van der Waals surface area contributed by atoms with Crippen molar-refractivity contribution in [3.63, 3.8) is 0 Å². The topological polar surface area (TPSA) is 28.7 Å². The number of imidazole rings is 1. The number of hydrogen-bond donors (Lipinski definition) is 1. The quantitative estimate of drug-likeness (QED) is 0.789. The van der Waals surface area contributed by atoms with Crippen molar-refractivity contribution in [3.05, 3.63) is 28.0 Å². The standard InChI is InChI=1S/C17H23BrN2/c1-11(2)10-17(6-4-5-7-17)16-19-14-9-13(18)8-12(3)15(14)20-16/h8-9,11H,4-7,10H2,1-3H3,(H,19,20). The Bertz CT molecular complexity index is 621. The van der Waals surface area contributed by atoms with E-state index in [0.29, 0.717) is 5.92 Å². The number of H-pyrrole nitrogens is 1. The van der Waals surface area contributed by atoms with Gasteiger partial charge in [0.1, 0.15) is 5.82 Å². The molecule has 2 aromatic rings. The van der Waals surface area contributed by atoms with Crippen LogP contribution in [0.3, 0.4) is 0 Å². The van der Waals surface area contributed by atoms with Crippen LogP contribution in [-0.2, 0) is 5.41 Å². The lowest BCUT2D eigenvalue weighted by Crippen LogP contribution is -2.25. The number of aromatic nitrogens is 2. The Morgan fingerprint density at radius 2 is 2.00 bits per heavy atom. The summed E-state index contributed by atoms with van der Waals surface area (Å²) in [5.41, 5.74) is 3.83. The van der Waals surface area contributed by atoms with E-state index >= 15 is 0 Å². The van der Waals surface area contributed by atoms with E-state index in [0.717, 1.165) is 9.99 Å². The van der Waals surface area contributed by atoms with Crippen molar-refractivity contribution in [1.29, 1.82) is 0 Å². The summed E-state index contributed by atoms with van der Waals surface area (Å²) in [4.78, 5) is 8.61. The number of fused-ring (bicyclic) bond motifs is 1. The van der Waals surface area contributed by atoms with E-state index < -0.39 is 0 Å². The normalized spacial score (nSPS) is 18.2. The molecule has 0 unspecified atom stereocenters. The molecule has 20 heavy (non-hydrogen) atoms. The van der Waals surface area contributed by atoms with Crippen molar-refractivity contribution >= 4 is 27.0 Å². The number of nitrogens with zero attached hydrogens (tertiary/aromatic N) is 1. The van der Waals surface area contributed by atoms with Gasteiger partial charge in [-0.15, -0.1) is 0 Å². The molecule has 0 atom stereocenters. The molecule has 1 aromatic carbocycles. The second-order valence-corrected chi connectivity index (χ2v) is 7.71. The fourth-order valence-corrected chi connectivity index (χ4v) is 4.44. The van der Waals surface area contributed by atoms with Gasteiger partial charge in [0.15, 0.2) is 0 Å². The molecule has 1 aliphatic carbocycles. The molecule has 3 rings (SSSR count). The molecule has 1 saturated carbocycles. The molecule has 1 N–H and O–H groups in total. The molecular formula is C17H23BrN2. The summed E-state index contributed by atoms with van der Waals surface area (Å²) >= 11 is 3.58. The van der Waals surface area contributed by atoms with E-state index in [1.807, 2.05) is 0 Å². The molecule has 0 bridgehead atoms. The molecule has 1 fully saturated rings. The van der Waals surface area contributed by atoms with Gasteiger partial charge in [-0.1, -0.05) is 42.6 Å². The van der Waals surface area contributed by atoms with Crippen molar-refractivity contribution in [2.75, 3.05) is 0 Å². The van der Waals surface area contributed by atoms with Gasteiger partial charge in [-0.2, -0.15) is 0 Å². The third kappa shape index (κ3) is 2.41. The fraction of sp³-hybridized carbons (Fsp3) is 0.588. The van der Waals surface area contributed by atoms with Crippen LogP contribution in [0.15, 0.2) is 16.6 Å². The molecule has 3 heteroatoms. The molecular weight excluding hydrogens is 312 g/mol. The summed E-state index contributed by atoms with van der Waals surface area (Å²) in [6, 6.07) is 4.30. The molecule has 0 spiro atoms. The maximum absolute atomic E-state index is 4.98. The first-order valence-corrected chi connectivity index (χ1v) is 8.46. The van der Waals surface area contributed by atoms with Gasteiger partial charge in [0.05, 0.1) is 11.0 Å². The van der Waals surface area contributed by atoms with Gasteiger partial charge in [0.2, 0.25) is 0 Å². The molecule has 0 radical (unpaired) electrons. The lowest BCUT2D eigenvalue weighted by Gasteiger charge is -2.28. The zero-order valence-corrected chi connectivity index (χ0v) is 14.2. The monoisotopic (exact) mass is 334 g/mol. The van der Waals surface area contributed by atoms with Gasteiger partial charge in [0, 0.05) is 9.89 Å². The number of nitrogens with one attached hydrogen (secondary N) is 1. The average Bonchev–Trinajstić information content (AvgIpc) is 2.95. The third-order valence-electron chi connectivity index (χ3n) is 4.60. The van der Waals surface area contributed by atoms with Crippen LogP contribution >= 0.6 is 15.9 Å². The van der Waals surface area contributed by atoms with Crippen LogP contribution in [0.2, 0.25) is 0 Å². The molecule has 0 aliphatic heterocycles. The van der Waals surface area contributed by atoms with Gasteiger partial charge < -0.3 is 4.98 Å². The Morgan fingerprint density at radius 3 is 2.65 bits per heavy atom. The molecule has 0 amide bonds. The Labute approximate surface area is 129 Å². The van der Waals surface area contributed by atoms with Crippen molar-refractivity contribution in [2.45, 2.75) is 58.3 Å². The zero-order valence-electron chi connectivity index (χ0n) is 12.6. The molecule has 1 aromatic heterocycles. The van der Waals surface area contributed by atoms with Crippen LogP contribution in [0.5, 0.6) is 0 Å². The first kappa shape index (κ1) is 14.1. The number of aryl methyl sites for hydroxylation is 1. The Balaban J connectivity index is 2.10. The number of benzene rings is 1. The average molecular weight is 335 g/mol. The summed E-state index contributed by atoms with van der Waals surface area (Å²) < 4.78 is 1.13. The molecule has 108 valence electrons. The first-order chi connectivity index (χ1) is 9.50. The zero-order chi connectivity index (χ0) is 14.3. The number of aromatic amines is 1. The maximum atomic E-state index is 4.98. The van der Waals surface area contributed by atoms with Gasteiger partial charge in [0.25, 0.3) is 0 Å². The minimum Gasteiger partial charge on any atom is -0.341 e. The van der Waals surface area contributed by atoms with E-state index in [1.165, 1.54) is 49.0 Å². The lowest BCUT2D eigenvalue weighted by molar-refractivity contribution is 0.332. The van der Waals surface area contributed by atoms with Crippen LogP contribution in [0.4, 0.5) is 0 Å². The van der Waals surface area contributed by atoms with E-state index in [4.69, 9.17) is 4.98 Å². The summed E-state index contributed by atoms with van der Waals surface area (Å²) in [5.74, 6) is 1.94. The van der Waals surface area contributed by atoms with E-state index in [-0.39, 0.29) is 5.41 Å². The SMILES string of the molecule is Cc1cc(Br)cc2[nH]c(C3(CC(C)C)CCCC3)nc12. The van der Waals surface area contributed by atoms with Crippen LogP contribution in [0, 0.1) is 12.8 Å². The fourth-order valence-electron chi connectivity index (χ4n) is 3.87. The third-order valence-corrected chi connectivity index (χ3v) is 5.06. The van der Waals surface area contributed by atoms with Crippen molar-refractivity contribution in [3.8, 4) is 0 Å². The largest absolute Gasteiger partial charge is 0.341 e. The van der Waals surface area contributed by atoms with Crippen LogP contribution in [-0.4, -0.2) is 9.97 Å². The van der Waals surface area contributed by atoms with Gasteiger partial charge in [-0.05, 0) is 49.8 Å². The Hall–Kier alpha value is -0.830. The maximum Gasteiger partial charge on any atom is 0.113 e. The number of hydrogen-bond acceptors (Lipinski definition) is 1. The summed E-state index contributed by atoms with van der Waals surface area (Å²) in [6.45, 7) is 6.79. The minimum absolute atomic E-state index is 0.284. The number of rotatable bonds is 3. The predicted molar refractivity (Wildman–Crippen MR) is 88.1 cm³/mol. The Morgan fingerprint density at radius 1 is 1.30 bits per heavy atom. The Kier molecular flexibility index (Phi) is 3.65. The summed E-state index contributed by atoms with van der Waals surface area (Å²) in [6.07, 6.45) is 6.49. The number of halogens is 1. The highest BCUT2D eigenvalue weighted by molar-refractivity contribution is 9.10. The van der Waals surface area contributed by atoms with Crippen LogP contribution in [0.1, 0.15) is 57.3 Å². The van der Waals surface area contributed by atoms with Gasteiger partial charge in [-0.3, -0.25) is 0 Å². The van der Waals surface area contributed by atoms with Crippen LogP contribution < -0.4 is 0 Å². The lowest BCUT2D eigenvalue weighted by atomic mass is 9.78. The highest BCUT2D eigenvalue weighted by Crippen LogP contribution is 2.45. The van der Waals surface area contributed by atoms with E-state index in [9.17, 15) is 0 Å². The second-order valence-electron chi connectivity index (χ2n) is 6.79. The van der Waals surface area contributed by atoms with Crippen molar-refractivity contribution < 1.29 is 0 Å².